The number of halogens is 3. The van der Waals surface area contributed by atoms with Crippen molar-refractivity contribution in [2.75, 3.05) is 17.7 Å². The maximum Gasteiger partial charge on any atom is 0.258 e. The van der Waals surface area contributed by atoms with Crippen molar-refractivity contribution in [2.45, 2.75) is 0 Å². The van der Waals surface area contributed by atoms with Gasteiger partial charge in [0, 0.05) is 22.1 Å². The Morgan fingerprint density at radius 1 is 1.20 bits per heavy atom. The van der Waals surface area contributed by atoms with Gasteiger partial charge in [0.15, 0.2) is 0 Å². The molecule has 6 heteroatoms. The minimum Gasteiger partial charge on any atom is -0.397 e. The molecule has 2 aromatic rings. The van der Waals surface area contributed by atoms with Gasteiger partial charge in [0.1, 0.15) is 0 Å². The smallest absolute Gasteiger partial charge is 0.258 e. The van der Waals surface area contributed by atoms with Gasteiger partial charge in [-0.3, -0.25) is 4.79 Å². The summed E-state index contributed by atoms with van der Waals surface area (Å²) in [5.74, 6) is -0.198. The van der Waals surface area contributed by atoms with Gasteiger partial charge < -0.3 is 10.6 Å². The summed E-state index contributed by atoms with van der Waals surface area (Å²) in [5, 5.41) is 1.07. The molecule has 2 rings (SSSR count). The normalized spacial score (nSPS) is 10.4. The van der Waals surface area contributed by atoms with Gasteiger partial charge in [-0.2, -0.15) is 0 Å². The number of hydrogen-bond donors (Lipinski definition) is 1. The topological polar surface area (TPSA) is 46.3 Å². The quantitative estimate of drug-likeness (QED) is 0.781. The van der Waals surface area contributed by atoms with Crippen LogP contribution in [-0.2, 0) is 0 Å². The first-order valence-corrected chi connectivity index (χ1v) is 7.23. The predicted octanol–water partition coefficient (Wildman–Crippen LogP) is 4.61. The van der Waals surface area contributed by atoms with E-state index in [0.29, 0.717) is 31.5 Å². The summed E-state index contributed by atoms with van der Waals surface area (Å²) in [6.45, 7) is 0. The Morgan fingerprint density at radius 2 is 1.90 bits per heavy atom. The third-order valence-corrected chi connectivity index (χ3v) is 4.27. The summed E-state index contributed by atoms with van der Waals surface area (Å²) in [6.07, 6.45) is 0. The Morgan fingerprint density at radius 3 is 2.55 bits per heavy atom. The summed E-state index contributed by atoms with van der Waals surface area (Å²) >= 11 is 15.2. The lowest BCUT2D eigenvalue weighted by molar-refractivity contribution is 0.0993. The highest BCUT2D eigenvalue weighted by atomic mass is 79.9. The fourth-order valence-corrected chi connectivity index (χ4v) is 2.40. The van der Waals surface area contributed by atoms with Gasteiger partial charge in [-0.05, 0) is 52.3 Å². The Labute approximate surface area is 135 Å². The van der Waals surface area contributed by atoms with Crippen LogP contribution in [0.5, 0.6) is 0 Å². The number of anilines is 2. The molecule has 0 spiro atoms. The monoisotopic (exact) mass is 372 g/mol. The van der Waals surface area contributed by atoms with Crippen molar-refractivity contribution < 1.29 is 4.79 Å². The number of rotatable bonds is 2. The summed E-state index contributed by atoms with van der Waals surface area (Å²) in [6, 6.07) is 9.99. The van der Waals surface area contributed by atoms with Gasteiger partial charge in [0.25, 0.3) is 5.91 Å². The molecule has 0 aliphatic heterocycles. The van der Waals surface area contributed by atoms with Crippen LogP contribution < -0.4 is 10.6 Å². The van der Waals surface area contributed by atoms with Crippen LogP contribution in [0.1, 0.15) is 10.4 Å². The van der Waals surface area contributed by atoms with Crippen molar-refractivity contribution in [3.63, 3.8) is 0 Å². The van der Waals surface area contributed by atoms with Gasteiger partial charge in [-0.1, -0.05) is 23.2 Å². The van der Waals surface area contributed by atoms with Crippen molar-refractivity contribution in [1.29, 1.82) is 0 Å². The van der Waals surface area contributed by atoms with E-state index in [0.717, 1.165) is 0 Å². The molecule has 2 N–H and O–H groups in total. The maximum absolute atomic E-state index is 12.4. The van der Waals surface area contributed by atoms with Gasteiger partial charge in [0.2, 0.25) is 0 Å². The third-order valence-electron chi connectivity index (χ3n) is 2.83. The molecule has 2 aromatic carbocycles. The lowest BCUT2D eigenvalue weighted by Crippen LogP contribution is -2.27. The van der Waals surface area contributed by atoms with Crippen LogP contribution in [0.2, 0.25) is 10.0 Å². The second-order valence-electron chi connectivity index (χ2n) is 4.20. The van der Waals surface area contributed by atoms with Gasteiger partial charge in [-0.25, -0.2) is 0 Å². The molecule has 3 nitrogen and oxygen atoms in total. The van der Waals surface area contributed by atoms with Crippen molar-refractivity contribution in [3.8, 4) is 0 Å². The SMILES string of the molecule is CN(C(=O)c1ccc(Cl)c(Br)c1)c1cc(Cl)ccc1N. The van der Waals surface area contributed by atoms with E-state index in [1.165, 1.54) is 4.90 Å². The fraction of sp³-hybridized carbons (Fsp3) is 0.0714. The van der Waals surface area contributed by atoms with Crippen LogP contribution in [0.25, 0.3) is 0 Å². The van der Waals surface area contributed by atoms with Gasteiger partial charge in [0.05, 0.1) is 16.4 Å². The average Bonchev–Trinajstić information content (AvgIpc) is 2.43. The van der Waals surface area contributed by atoms with Crippen LogP contribution in [0.3, 0.4) is 0 Å². The third kappa shape index (κ3) is 3.08. The molecule has 0 aliphatic rings. The Hall–Kier alpha value is -1.23. The highest BCUT2D eigenvalue weighted by molar-refractivity contribution is 9.10. The van der Waals surface area contributed by atoms with Crippen LogP contribution in [-0.4, -0.2) is 13.0 Å². The standard InChI is InChI=1S/C14H11BrCl2N2O/c1-19(13-7-9(16)3-5-12(13)18)14(20)8-2-4-11(17)10(15)6-8/h2-7H,18H2,1H3. The highest BCUT2D eigenvalue weighted by Gasteiger charge is 2.16. The van der Waals surface area contributed by atoms with E-state index in [1.807, 2.05) is 0 Å². The molecule has 0 aliphatic carbocycles. The number of nitrogens with zero attached hydrogens (tertiary/aromatic N) is 1. The Bertz CT molecular complexity index is 676. The van der Waals surface area contributed by atoms with E-state index in [4.69, 9.17) is 28.9 Å². The molecule has 0 saturated carbocycles. The fourth-order valence-electron chi connectivity index (χ4n) is 1.74. The number of carbonyl (C=O) groups excluding carboxylic acids is 1. The molecule has 0 atom stereocenters. The summed E-state index contributed by atoms with van der Waals surface area (Å²) in [7, 11) is 1.65. The lowest BCUT2D eigenvalue weighted by atomic mass is 10.2. The van der Waals surface area contributed by atoms with Crippen LogP contribution in [0.4, 0.5) is 11.4 Å². The van der Waals surface area contributed by atoms with Crippen LogP contribution in [0.15, 0.2) is 40.9 Å². The number of nitrogens with two attached hydrogens (primary N) is 1. The van der Waals surface area contributed by atoms with E-state index in [-0.39, 0.29) is 5.91 Å². The number of amides is 1. The predicted molar refractivity (Wildman–Crippen MR) is 87.7 cm³/mol. The summed E-state index contributed by atoms with van der Waals surface area (Å²) in [4.78, 5) is 13.9. The first-order valence-electron chi connectivity index (χ1n) is 5.68. The molecule has 0 aromatic heterocycles. The average molecular weight is 374 g/mol. The highest BCUT2D eigenvalue weighted by Crippen LogP contribution is 2.28. The van der Waals surface area contributed by atoms with Crippen molar-refractivity contribution in [1.82, 2.24) is 0 Å². The summed E-state index contributed by atoms with van der Waals surface area (Å²) in [5.41, 5.74) is 7.43. The van der Waals surface area contributed by atoms with E-state index in [2.05, 4.69) is 15.9 Å². The number of carbonyl (C=O) groups is 1. The number of benzene rings is 2. The van der Waals surface area contributed by atoms with Gasteiger partial charge >= 0.3 is 0 Å². The zero-order chi connectivity index (χ0) is 14.9. The molecule has 0 fully saturated rings. The zero-order valence-corrected chi connectivity index (χ0v) is 13.6. The Kier molecular flexibility index (Phi) is 4.58. The minimum absolute atomic E-state index is 0.198. The first-order chi connectivity index (χ1) is 9.40. The van der Waals surface area contributed by atoms with E-state index >= 15 is 0 Å². The molecule has 0 unspecified atom stereocenters. The lowest BCUT2D eigenvalue weighted by Gasteiger charge is -2.19. The first kappa shape index (κ1) is 15.2. The Balaban J connectivity index is 2.37. The van der Waals surface area contributed by atoms with Crippen molar-refractivity contribution in [3.05, 3.63) is 56.5 Å². The molecule has 20 heavy (non-hydrogen) atoms. The van der Waals surface area contributed by atoms with E-state index < -0.39 is 0 Å². The van der Waals surface area contributed by atoms with E-state index in [9.17, 15) is 4.79 Å². The molecule has 0 saturated heterocycles. The molecular formula is C14H11BrCl2N2O. The second-order valence-corrected chi connectivity index (χ2v) is 5.89. The number of nitrogen functional groups attached to an aromatic ring is 1. The van der Waals surface area contributed by atoms with Crippen molar-refractivity contribution in [2.24, 2.45) is 0 Å². The maximum atomic E-state index is 12.4. The largest absolute Gasteiger partial charge is 0.397 e. The summed E-state index contributed by atoms with van der Waals surface area (Å²) < 4.78 is 0.664. The molecule has 0 bridgehead atoms. The minimum atomic E-state index is -0.198. The molecule has 0 heterocycles. The molecule has 0 radical (unpaired) electrons. The zero-order valence-electron chi connectivity index (χ0n) is 10.5. The van der Waals surface area contributed by atoms with Gasteiger partial charge in [-0.15, -0.1) is 0 Å². The molecular weight excluding hydrogens is 363 g/mol. The number of hydrogen-bond acceptors (Lipinski definition) is 2. The molecule has 1 amide bonds. The van der Waals surface area contributed by atoms with Crippen LogP contribution >= 0.6 is 39.1 Å². The van der Waals surface area contributed by atoms with Crippen molar-refractivity contribution >= 4 is 56.4 Å². The molecule has 104 valence electrons. The van der Waals surface area contributed by atoms with E-state index in [1.54, 1.807) is 43.4 Å². The van der Waals surface area contributed by atoms with Crippen LogP contribution in [0, 0.1) is 0 Å². The second kappa shape index (κ2) is 6.04.